The van der Waals surface area contributed by atoms with Crippen LogP contribution >= 0.6 is 0 Å². The summed E-state index contributed by atoms with van der Waals surface area (Å²) >= 11 is 0. The molecule has 2 bridgehead atoms. The topological polar surface area (TPSA) is 70.3 Å². The maximum Gasteiger partial charge on any atom is 0.173 e. The Balaban J connectivity index is 1.60. The summed E-state index contributed by atoms with van der Waals surface area (Å²) in [6.45, 7) is 5.79. The lowest BCUT2D eigenvalue weighted by Gasteiger charge is -2.31. The highest BCUT2D eigenvalue weighted by Gasteiger charge is 2.66. The van der Waals surface area contributed by atoms with E-state index in [9.17, 15) is 23.9 Å². The summed E-state index contributed by atoms with van der Waals surface area (Å²) in [7, 11) is 0. The van der Waals surface area contributed by atoms with Crippen LogP contribution in [0.5, 0.6) is 0 Å². The molecule has 0 saturated carbocycles. The van der Waals surface area contributed by atoms with Crippen molar-refractivity contribution in [3.63, 3.8) is 0 Å². The molecule has 3 aliphatic rings. The van der Waals surface area contributed by atoms with E-state index in [-0.39, 0.29) is 11.5 Å². The zero-order valence-corrected chi connectivity index (χ0v) is 17.3. The number of carbonyl (C=O) groups excluding carboxylic acids is 1. The number of nitriles is 1. The number of aliphatic hydroxyl groups is 1. The minimum absolute atomic E-state index is 0.0264. The quantitative estimate of drug-likeness (QED) is 0.765. The first-order valence-corrected chi connectivity index (χ1v) is 10.3. The second-order valence-electron chi connectivity index (χ2n) is 8.87. The molecule has 0 amide bonds. The Morgan fingerprint density at radius 3 is 2.26 bits per heavy atom. The van der Waals surface area contributed by atoms with Crippen LogP contribution in [0.15, 0.2) is 36.1 Å². The van der Waals surface area contributed by atoms with E-state index in [1.807, 2.05) is 32.9 Å². The van der Waals surface area contributed by atoms with Crippen LogP contribution in [0.4, 0.5) is 8.78 Å². The van der Waals surface area contributed by atoms with Crippen molar-refractivity contribution >= 4 is 11.4 Å². The van der Waals surface area contributed by atoms with Gasteiger partial charge in [0, 0.05) is 5.92 Å². The molecule has 5 rings (SSSR count). The lowest BCUT2D eigenvalue weighted by molar-refractivity contribution is -0.119. The van der Waals surface area contributed by atoms with Crippen molar-refractivity contribution in [1.29, 1.82) is 5.26 Å². The van der Waals surface area contributed by atoms with E-state index in [2.05, 4.69) is 6.07 Å². The highest BCUT2D eigenvalue weighted by atomic mass is 19.2. The second-order valence-corrected chi connectivity index (χ2v) is 8.87. The standard InChI is InChI=1S/C25H21F2NO3/c1-10-6-11(2)17(12(3)7-10)19-22(29)20-21(23(19)30)25-18(14(9-28)24(20)31-25)13-4-5-15(26)16(27)8-13/h4-8,14,18,20-21,24-25,29H,1-3H3/t14?,18-,20+,21-,24+,25-/m1/s1. The highest BCUT2D eigenvalue weighted by Crippen LogP contribution is 2.60. The number of aliphatic hydroxyl groups excluding tert-OH is 1. The zero-order valence-electron chi connectivity index (χ0n) is 17.3. The van der Waals surface area contributed by atoms with E-state index in [0.29, 0.717) is 11.1 Å². The van der Waals surface area contributed by atoms with E-state index in [4.69, 9.17) is 4.74 Å². The molecule has 31 heavy (non-hydrogen) atoms. The van der Waals surface area contributed by atoms with Crippen LogP contribution in [0.25, 0.3) is 5.57 Å². The Kier molecular flexibility index (Phi) is 4.32. The fourth-order valence-electron chi connectivity index (χ4n) is 5.98. The number of hydrogen-bond acceptors (Lipinski definition) is 4. The number of nitrogens with zero attached hydrogens (tertiary/aromatic N) is 1. The van der Waals surface area contributed by atoms with Crippen LogP contribution in [0.2, 0.25) is 0 Å². The van der Waals surface area contributed by atoms with E-state index in [1.165, 1.54) is 6.07 Å². The van der Waals surface area contributed by atoms with Gasteiger partial charge >= 0.3 is 0 Å². The molecule has 2 aromatic rings. The second kappa shape index (κ2) is 6.73. The van der Waals surface area contributed by atoms with Crippen molar-refractivity contribution in [2.45, 2.75) is 38.9 Å². The maximum atomic E-state index is 13.9. The first-order valence-electron chi connectivity index (χ1n) is 10.3. The first-order chi connectivity index (χ1) is 14.7. The minimum Gasteiger partial charge on any atom is -0.511 e. The van der Waals surface area contributed by atoms with Crippen LogP contribution in [0.1, 0.15) is 33.7 Å². The lowest BCUT2D eigenvalue weighted by atomic mass is 9.67. The number of ether oxygens (including phenoxy) is 1. The molecule has 2 saturated heterocycles. The van der Waals surface area contributed by atoms with E-state index < -0.39 is 47.5 Å². The molecule has 1 aliphatic carbocycles. The molecule has 1 N–H and O–H groups in total. The van der Waals surface area contributed by atoms with Crippen molar-refractivity contribution < 1.29 is 23.4 Å². The summed E-state index contributed by atoms with van der Waals surface area (Å²) in [6, 6.07) is 9.70. The van der Waals surface area contributed by atoms with Gasteiger partial charge < -0.3 is 9.84 Å². The predicted molar refractivity (Wildman–Crippen MR) is 109 cm³/mol. The molecule has 2 heterocycles. The summed E-state index contributed by atoms with van der Waals surface area (Å²) in [5.41, 5.74) is 4.31. The Hall–Kier alpha value is -3.04. The van der Waals surface area contributed by atoms with Crippen LogP contribution in [-0.2, 0) is 9.53 Å². The van der Waals surface area contributed by atoms with Gasteiger partial charge in [-0.15, -0.1) is 0 Å². The first kappa shape index (κ1) is 19.9. The van der Waals surface area contributed by atoms with Gasteiger partial charge in [0.05, 0.1) is 41.6 Å². The average Bonchev–Trinajstić information content (AvgIpc) is 3.34. The largest absolute Gasteiger partial charge is 0.511 e. The Morgan fingerprint density at radius 1 is 0.968 bits per heavy atom. The molecular formula is C25H21F2NO3. The Labute approximate surface area is 178 Å². The van der Waals surface area contributed by atoms with E-state index in [0.717, 1.165) is 34.4 Å². The molecule has 0 aromatic heterocycles. The molecule has 0 spiro atoms. The highest BCUT2D eigenvalue weighted by molar-refractivity contribution is 6.26. The molecule has 4 nitrogen and oxygen atoms in total. The van der Waals surface area contributed by atoms with Gasteiger partial charge in [-0.25, -0.2) is 8.78 Å². The number of rotatable bonds is 2. The Bertz CT molecular complexity index is 1190. The van der Waals surface area contributed by atoms with Gasteiger partial charge in [-0.1, -0.05) is 23.8 Å². The van der Waals surface area contributed by atoms with Crippen molar-refractivity contribution in [3.8, 4) is 6.07 Å². The van der Waals surface area contributed by atoms with Crippen molar-refractivity contribution in [2.24, 2.45) is 17.8 Å². The number of aryl methyl sites for hydroxylation is 3. The zero-order chi connectivity index (χ0) is 22.2. The van der Waals surface area contributed by atoms with Crippen LogP contribution < -0.4 is 0 Å². The molecule has 2 aliphatic heterocycles. The number of ketones is 1. The predicted octanol–water partition coefficient (Wildman–Crippen LogP) is 4.68. The van der Waals surface area contributed by atoms with E-state index >= 15 is 0 Å². The van der Waals surface area contributed by atoms with Crippen molar-refractivity contribution in [2.75, 3.05) is 0 Å². The summed E-state index contributed by atoms with van der Waals surface area (Å²) in [4.78, 5) is 13.6. The average molecular weight is 421 g/mol. The number of allylic oxidation sites excluding steroid dienone is 1. The number of carbonyl (C=O) groups is 1. The summed E-state index contributed by atoms with van der Waals surface area (Å²) in [5, 5.41) is 21.0. The number of halogens is 2. The minimum atomic E-state index is -1.00. The fraction of sp³-hybridized carbons (Fsp3) is 0.360. The number of Topliss-reactive ketones (excluding diaryl/α,β-unsaturated/α-hetero) is 1. The molecule has 6 heteroatoms. The van der Waals surface area contributed by atoms with Gasteiger partial charge in [-0.3, -0.25) is 4.79 Å². The third kappa shape index (κ3) is 2.63. The third-order valence-electron chi connectivity index (χ3n) is 7.03. The normalized spacial score (nSPS) is 31.3. The third-order valence-corrected chi connectivity index (χ3v) is 7.03. The van der Waals surface area contributed by atoms with Gasteiger partial charge in [0.25, 0.3) is 0 Å². The molecule has 2 fully saturated rings. The summed E-state index contributed by atoms with van der Waals surface area (Å²) in [5.74, 6) is -4.70. The fourth-order valence-corrected chi connectivity index (χ4v) is 5.98. The van der Waals surface area contributed by atoms with E-state index in [1.54, 1.807) is 0 Å². The molecule has 1 unspecified atom stereocenters. The summed E-state index contributed by atoms with van der Waals surface area (Å²) in [6.07, 6.45) is -1.35. The molecule has 0 radical (unpaired) electrons. The monoisotopic (exact) mass is 421 g/mol. The molecular weight excluding hydrogens is 400 g/mol. The SMILES string of the molecule is Cc1cc(C)c(C2=C(O)[C@@H]3[C@H](C2=O)[C@@H]2O[C@H]3C(C#N)[C@H]2c2ccc(F)c(F)c2)c(C)c1. The van der Waals surface area contributed by atoms with Gasteiger partial charge in [0.15, 0.2) is 17.4 Å². The van der Waals surface area contributed by atoms with Crippen LogP contribution in [0.3, 0.4) is 0 Å². The number of benzene rings is 2. The van der Waals surface area contributed by atoms with Gasteiger partial charge in [0.1, 0.15) is 5.76 Å². The molecule has 6 atom stereocenters. The maximum absolute atomic E-state index is 13.9. The number of fused-ring (bicyclic) bond motifs is 5. The Morgan fingerprint density at radius 2 is 1.65 bits per heavy atom. The number of hydrogen-bond donors (Lipinski definition) is 1. The van der Waals surface area contributed by atoms with Gasteiger partial charge in [0.2, 0.25) is 0 Å². The van der Waals surface area contributed by atoms with Crippen molar-refractivity contribution in [1.82, 2.24) is 0 Å². The van der Waals surface area contributed by atoms with Gasteiger partial charge in [-0.2, -0.15) is 5.26 Å². The summed E-state index contributed by atoms with van der Waals surface area (Å²) < 4.78 is 33.4. The molecule has 158 valence electrons. The lowest BCUT2D eigenvalue weighted by Crippen LogP contribution is -2.39. The smallest absolute Gasteiger partial charge is 0.173 e. The molecule has 2 aromatic carbocycles. The van der Waals surface area contributed by atoms with Gasteiger partial charge in [-0.05, 0) is 55.2 Å². The van der Waals surface area contributed by atoms with Crippen molar-refractivity contribution in [3.05, 3.63) is 75.5 Å². The van der Waals surface area contributed by atoms with Crippen LogP contribution in [0, 0.1) is 61.5 Å². The van der Waals surface area contributed by atoms with Crippen LogP contribution in [-0.4, -0.2) is 23.1 Å².